The van der Waals surface area contributed by atoms with Crippen LogP contribution in [-0.4, -0.2) is 28.7 Å². The summed E-state index contributed by atoms with van der Waals surface area (Å²) in [5.41, 5.74) is -0.403. The number of nitrogens with one attached hydrogen (secondary N) is 1. The average molecular weight is 245 g/mol. The van der Waals surface area contributed by atoms with E-state index in [0.717, 1.165) is 18.6 Å². The third kappa shape index (κ3) is 5.10. The second-order valence-corrected chi connectivity index (χ2v) is 6.81. The summed E-state index contributed by atoms with van der Waals surface area (Å²) in [6.45, 7) is 7.84. The van der Waals surface area contributed by atoms with Gasteiger partial charge in [0.15, 0.2) is 0 Å². The van der Waals surface area contributed by atoms with Gasteiger partial charge in [-0.05, 0) is 45.8 Å². The van der Waals surface area contributed by atoms with Gasteiger partial charge in [0.2, 0.25) is 0 Å². The zero-order valence-corrected chi connectivity index (χ0v) is 11.5. The summed E-state index contributed by atoms with van der Waals surface area (Å²) in [7, 11) is 0. The van der Waals surface area contributed by atoms with Crippen molar-refractivity contribution in [2.45, 2.75) is 63.9 Å². The normalized spacial score (nSPS) is 25.5. The molecule has 2 unspecified atom stereocenters. The summed E-state index contributed by atoms with van der Waals surface area (Å²) < 4.78 is 5.24. The van der Waals surface area contributed by atoms with E-state index in [2.05, 4.69) is 12.2 Å². The maximum absolute atomic E-state index is 11.5. The van der Waals surface area contributed by atoms with E-state index >= 15 is 0 Å². The Labute approximate surface area is 103 Å². The van der Waals surface area contributed by atoms with Gasteiger partial charge < -0.3 is 10.1 Å². The molecule has 1 saturated carbocycles. The van der Waals surface area contributed by atoms with E-state index < -0.39 is 5.60 Å². The number of thioether (sulfide) groups is 1. The standard InChI is InChI=1S/C12H23NO2S/c1-5-16-10-7-6-9(8-10)13-11(14)15-12(2,3)4/h9-10H,5-8H2,1-4H3,(H,13,14). The molecule has 0 bridgehead atoms. The average Bonchev–Trinajstić information content (AvgIpc) is 2.49. The Bertz CT molecular complexity index is 238. The van der Waals surface area contributed by atoms with Crippen LogP contribution in [-0.2, 0) is 4.74 Å². The van der Waals surface area contributed by atoms with E-state index in [1.54, 1.807) is 0 Å². The van der Waals surface area contributed by atoms with E-state index in [-0.39, 0.29) is 6.09 Å². The summed E-state index contributed by atoms with van der Waals surface area (Å²) in [5, 5.41) is 3.66. The molecule has 0 radical (unpaired) electrons. The minimum Gasteiger partial charge on any atom is -0.444 e. The highest BCUT2D eigenvalue weighted by atomic mass is 32.2. The lowest BCUT2D eigenvalue weighted by atomic mass is 10.2. The number of amides is 1. The van der Waals surface area contributed by atoms with Crippen LogP contribution in [0.4, 0.5) is 4.79 Å². The van der Waals surface area contributed by atoms with Gasteiger partial charge in [-0.1, -0.05) is 6.92 Å². The van der Waals surface area contributed by atoms with Crippen LogP contribution in [0.25, 0.3) is 0 Å². The van der Waals surface area contributed by atoms with Crippen molar-refractivity contribution in [2.24, 2.45) is 0 Å². The Balaban J connectivity index is 2.26. The van der Waals surface area contributed by atoms with Crippen molar-refractivity contribution >= 4 is 17.9 Å². The number of carbonyl (C=O) groups excluding carboxylic acids is 1. The first-order valence-electron chi connectivity index (χ1n) is 6.02. The lowest BCUT2D eigenvalue weighted by Gasteiger charge is -2.21. The number of hydrogen-bond donors (Lipinski definition) is 1. The largest absolute Gasteiger partial charge is 0.444 e. The SMILES string of the molecule is CCSC1CCC(NC(=O)OC(C)(C)C)C1. The fourth-order valence-corrected chi connectivity index (χ4v) is 3.08. The molecule has 3 nitrogen and oxygen atoms in total. The molecular weight excluding hydrogens is 222 g/mol. The summed E-state index contributed by atoms with van der Waals surface area (Å²) in [6.07, 6.45) is 3.09. The van der Waals surface area contributed by atoms with Crippen molar-refractivity contribution in [1.82, 2.24) is 5.32 Å². The quantitative estimate of drug-likeness (QED) is 0.830. The number of ether oxygens (including phenoxy) is 1. The lowest BCUT2D eigenvalue weighted by Crippen LogP contribution is -2.38. The molecule has 4 heteroatoms. The van der Waals surface area contributed by atoms with Gasteiger partial charge >= 0.3 is 6.09 Å². The third-order valence-corrected chi connectivity index (χ3v) is 3.74. The molecule has 1 aliphatic rings. The molecule has 1 N–H and O–H groups in total. The van der Waals surface area contributed by atoms with Gasteiger partial charge in [-0.3, -0.25) is 0 Å². The van der Waals surface area contributed by atoms with Crippen molar-refractivity contribution in [1.29, 1.82) is 0 Å². The second kappa shape index (κ2) is 5.80. The van der Waals surface area contributed by atoms with Gasteiger partial charge in [-0.2, -0.15) is 11.8 Å². The molecule has 0 saturated heterocycles. The van der Waals surface area contributed by atoms with Crippen LogP contribution in [0.5, 0.6) is 0 Å². The fraction of sp³-hybridized carbons (Fsp3) is 0.917. The van der Waals surface area contributed by atoms with Crippen molar-refractivity contribution in [3.05, 3.63) is 0 Å². The number of rotatable bonds is 3. The molecular formula is C12H23NO2S. The lowest BCUT2D eigenvalue weighted by molar-refractivity contribution is 0.0505. The molecule has 0 aromatic carbocycles. The van der Waals surface area contributed by atoms with Crippen LogP contribution in [0, 0.1) is 0 Å². The van der Waals surface area contributed by atoms with Gasteiger partial charge in [-0.25, -0.2) is 4.79 Å². The molecule has 16 heavy (non-hydrogen) atoms. The summed E-state index contributed by atoms with van der Waals surface area (Å²) in [5.74, 6) is 1.16. The van der Waals surface area contributed by atoms with Crippen LogP contribution in [0.15, 0.2) is 0 Å². The number of alkyl carbamates (subject to hydrolysis) is 1. The van der Waals surface area contributed by atoms with Gasteiger partial charge in [0.05, 0.1) is 0 Å². The molecule has 94 valence electrons. The highest BCUT2D eigenvalue weighted by Gasteiger charge is 2.27. The van der Waals surface area contributed by atoms with E-state index in [1.807, 2.05) is 32.5 Å². The zero-order valence-electron chi connectivity index (χ0n) is 10.7. The highest BCUT2D eigenvalue weighted by Crippen LogP contribution is 2.29. The van der Waals surface area contributed by atoms with Crippen molar-refractivity contribution < 1.29 is 9.53 Å². The first kappa shape index (κ1) is 13.7. The molecule has 0 heterocycles. The summed E-state index contributed by atoms with van der Waals surface area (Å²) in [6, 6.07) is 0.305. The molecule has 1 aliphatic carbocycles. The maximum atomic E-state index is 11.5. The van der Waals surface area contributed by atoms with Gasteiger partial charge in [0, 0.05) is 11.3 Å². The minimum absolute atomic E-state index is 0.278. The van der Waals surface area contributed by atoms with Gasteiger partial charge in [0.1, 0.15) is 5.60 Å². The van der Waals surface area contributed by atoms with E-state index in [1.165, 1.54) is 6.42 Å². The van der Waals surface area contributed by atoms with Crippen LogP contribution >= 0.6 is 11.8 Å². The Kier molecular flexibility index (Phi) is 4.96. The molecule has 1 fully saturated rings. The number of hydrogen-bond acceptors (Lipinski definition) is 3. The second-order valence-electron chi connectivity index (χ2n) is 5.23. The van der Waals surface area contributed by atoms with Crippen molar-refractivity contribution in [3.63, 3.8) is 0 Å². The molecule has 0 aromatic rings. The smallest absolute Gasteiger partial charge is 0.407 e. The van der Waals surface area contributed by atoms with Crippen LogP contribution < -0.4 is 5.32 Å². The minimum atomic E-state index is -0.403. The molecule has 0 spiro atoms. The summed E-state index contributed by atoms with van der Waals surface area (Å²) >= 11 is 1.99. The molecule has 2 atom stereocenters. The van der Waals surface area contributed by atoms with Crippen LogP contribution in [0.2, 0.25) is 0 Å². The topological polar surface area (TPSA) is 38.3 Å². The van der Waals surface area contributed by atoms with Crippen molar-refractivity contribution in [2.75, 3.05) is 5.75 Å². The van der Waals surface area contributed by atoms with E-state index in [0.29, 0.717) is 11.3 Å². The Morgan fingerprint density at radius 3 is 2.69 bits per heavy atom. The molecule has 1 rings (SSSR count). The van der Waals surface area contributed by atoms with Gasteiger partial charge in [0.25, 0.3) is 0 Å². The summed E-state index contributed by atoms with van der Waals surface area (Å²) in [4.78, 5) is 11.5. The molecule has 0 aliphatic heterocycles. The van der Waals surface area contributed by atoms with E-state index in [4.69, 9.17) is 4.74 Å². The molecule has 1 amide bonds. The van der Waals surface area contributed by atoms with Gasteiger partial charge in [-0.15, -0.1) is 0 Å². The Morgan fingerprint density at radius 1 is 1.44 bits per heavy atom. The predicted octanol–water partition coefficient (Wildman–Crippen LogP) is 3.19. The fourth-order valence-electron chi connectivity index (χ4n) is 1.93. The highest BCUT2D eigenvalue weighted by molar-refractivity contribution is 7.99. The third-order valence-electron chi connectivity index (χ3n) is 2.51. The Morgan fingerprint density at radius 2 is 2.12 bits per heavy atom. The van der Waals surface area contributed by atoms with Crippen LogP contribution in [0.3, 0.4) is 0 Å². The predicted molar refractivity (Wildman–Crippen MR) is 68.9 cm³/mol. The Hall–Kier alpha value is -0.380. The first-order chi connectivity index (χ1) is 7.40. The first-order valence-corrected chi connectivity index (χ1v) is 7.06. The van der Waals surface area contributed by atoms with Crippen LogP contribution in [0.1, 0.15) is 47.0 Å². The monoisotopic (exact) mass is 245 g/mol. The number of carbonyl (C=O) groups is 1. The maximum Gasteiger partial charge on any atom is 0.407 e. The zero-order chi connectivity index (χ0) is 12.2. The van der Waals surface area contributed by atoms with Crippen molar-refractivity contribution in [3.8, 4) is 0 Å². The molecule has 0 aromatic heterocycles. The van der Waals surface area contributed by atoms with E-state index in [9.17, 15) is 4.79 Å².